The van der Waals surface area contributed by atoms with E-state index in [2.05, 4.69) is 6.58 Å². The first-order chi connectivity index (χ1) is 6.25. The molecule has 0 aliphatic rings. The molecule has 1 rings (SSSR count). The molecule has 1 N–H and O–H groups in total. The van der Waals surface area contributed by atoms with E-state index in [0.717, 1.165) is 11.1 Å². The Morgan fingerprint density at radius 2 is 2.00 bits per heavy atom. The number of hydrogen-bond acceptors (Lipinski definition) is 1. The second kappa shape index (κ2) is 5.05. The van der Waals surface area contributed by atoms with E-state index in [1.165, 1.54) is 0 Å². The van der Waals surface area contributed by atoms with Crippen LogP contribution in [0.25, 0.3) is 0 Å². The summed E-state index contributed by atoms with van der Waals surface area (Å²) < 4.78 is 0. The van der Waals surface area contributed by atoms with E-state index in [0.29, 0.717) is 12.3 Å². The fourth-order valence-corrected chi connectivity index (χ4v) is 1.37. The highest BCUT2D eigenvalue weighted by atomic mass is 35.5. The van der Waals surface area contributed by atoms with Gasteiger partial charge in [-0.05, 0) is 17.6 Å². The van der Waals surface area contributed by atoms with Crippen LogP contribution in [-0.4, -0.2) is 11.0 Å². The summed E-state index contributed by atoms with van der Waals surface area (Å²) in [7, 11) is 0. The lowest BCUT2D eigenvalue weighted by atomic mass is 10.0. The van der Waals surface area contributed by atoms with Crippen LogP contribution in [-0.2, 0) is 0 Å². The predicted molar refractivity (Wildman–Crippen MR) is 55.9 cm³/mol. The fraction of sp³-hybridized carbons (Fsp3) is 0.273. The quantitative estimate of drug-likeness (QED) is 0.580. The van der Waals surface area contributed by atoms with Crippen molar-refractivity contribution in [3.05, 3.63) is 48.0 Å². The third kappa shape index (κ3) is 2.87. The van der Waals surface area contributed by atoms with Crippen molar-refractivity contribution in [1.29, 1.82) is 0 Å². The van der Waals surface area contributed by atoms with Gasteiger partial charge >= 0.3 is 0 Å². The number of alkyl halides is 1. The van der Waals surface area contributed by atoms with Gasteiger partial charge in [-0.1, -0.05) is 36.9 Å². The van der Waals surface area contributed by atoms with Crippen LogP contribution >= 0.6 is 11.6 Å². The zero-order valence-corrected chi connectivity index (χ0v) is 8.17. The lowest BCUT2D eigenvalue weighted by Gasteiger charge is -2.12. The first-order valence-corrected chi connectivity index (χ1v) is 4.76. The Morgan fingerprint density at radius 3 is 2.54 bits per heavy atom. The van der Waals surface area contributed by atoms with Gasteiger partial charge in [0.05, 0.1) is 6.10 Å². The number of aliphatic hydroxyl groups is 1. The Hall–Kier alpha value is -0.790. The zero-order chi connectivity index (χ0) is 9.68. The van der Waals surface area contributed by atoms with E-state index in [-0.39, 0.29) is 0 Å². The van der Waals surface area contributed by atoms with E-state index in [1.807, 2.05) is 30.3 Å². The van der Waals surface area contributed by atoms with E-state index >= 15 is 0 Å². The van der Waals surface area contributed by atoms with Gasteiger partial charge in [-0.15, -0.1) is 11.6 Å². The molecule has 0 fully saturated rings. The predicted octanol–water partition coefficient (Wildman–Crippen LogP) is 2.91. The SMILES string of the molecule is C=C(CCCl)C(O)c1ccccc1. The normalized spacial score (nSPS) is 12.5. The molecule has 0 saturated carbocycles. The van der Waals surface area contributed by atoms with Crippen molar-refractivity contribution in [2.24, 2.45) is 0 Å². The molecule has 1 aromatic rings. The maximum Gasteiger partial charge on any atom is 0.0998 e. The smallest absolute Gasteiger partial charge is 0.0998 e. The average Bonchev–Trinajstić information content (AvgIpc) is 2.18. The Labute approximate surface area is 83.7 Å². The molecule has 0 aromatic heterocycles. The molecule has 0 saturated heterocycles. The van der Waals surface area contributed by atoms with Crippen molar-refractivity contribution < 1.29 is 5.11 Å². The van der Waals surface area contributed by atoms with Gasteiger partial charge in [0, 0.05) is 5.88 Å². The molecule has 1 nitrogen and oxygen atoms in total. The first-order valence-electron chi connectivity index (χ1n) is 4.22. The van der Waals surface area contributed by atoms with Crippen molar-refractivity contribution in [3.63, 3.8) is 0 Å². The van der Waals surface area contributed by atoms with Gasteiger partial charge in [0.1, 0.15) is 0 Å². The Balaban J connectivity index is 2.68. The van der Waals surface area contributed by atoms with Crippen molar-refractivity contribution in [1.82, 2.24) is 0 Å². The number of benzene rings is 1. The topological polar surface area (TPSA) is 20.2 Å². The maximum absolute atomic E-state index is 9.76. The van der Waals surface area contributed by atoms with Crippen LogP contribution in [0.5, 0.6) is 0 Å². The van der Waals surface area contributed by atoms with Gasteiger partial charge in [0.25, 0.3) is 0 Å². The molecule has 0 aliphatic heterocycles. The van der Waals surface area contributed by atoms with Gasteiger partial charge in [0.2, 0.25) is 0 Å². The van der Waals surface area contributed by atoms with Crippen molar-refractivity contribution in [2.45, 2.75) is 12.5 Å². The van der Waals surface area contributed by atoms with Crippen LogP contribution in [0.2, 0.25) is 0 Å². The summed E-state index contributed by atoms with van der Waals surface area (Å²) in [6.45, 7) is 3.79. The summed E-state index contributed by atoms with van der Waals surface area (Å²) in [5.41, 5.74) is 1.64. The lowest BCUT2D eigenvalue weighted by Crippen LogP contribution is -2.00. The summed E-state index contributed by atoms with van der Waals surface area (Å²) in [5.74, 6) is 0.503. The first kappa shape index (κ1) is 10.3. The summed E-state index contributed by atoms with van der Waals surface area (Å²) in [6, 6.07) is 9.47. The Bertz CT molecular complexity index is 269. The highest BCUT2D eigenvalue weighted by Gasteiger charge is 2.09. The van der Waals surface area contributed by atoms with Crippen molar-refractivity contribution >= 4 is 11.6 Å². The van der Waals surface area contributed by atoms with Gasteiger partial charge in [0.15, 0.2) is 0 Å². The molecule has 1 unspecified atom stereocenters. The van der Waals surface area contributed by atoms with Crippen LogP contribution in [0.1, 0.15) is 18.1 Å². The molecule has 0 amide bonds. The third-order valence-corrected chi connectivity index (χ3v) is 2.11. The standard InChI is InChI=1S/C11H13ClO/c1-9(7-8-12)11(13)10-5-3-2-4-6-10/h2-6,11,13H,1,7-8H2. The summed E-state index contributed by atoms with van der Waals surface area (Å²) in [4.78, 5) is 0. The van der Waals surface area contributed by atoms with Gasteiger partial charge in [-0.25, -0.2) is 0 Å². The molecule has 0 radical (unpaired) electrons. The second-order valence-electron chi connectivity index (χ2n) is 2.91. The molecule has 0 aliphatic carbocycles. The minimum absolute atomic E-state index is 0.503. The molecule has 1 atom stereocenters. The van der Waals surface area contributed by atoms with Gasteiger partial charge in [-0.2, -0.15) is 0 Å². The molecule has 13 heavy (non-hydrogen) atoms. The molecule has 2 heteroatoms. The molecular formula is C11H13ClO. The molecule has 0 bridgehead atoms. The molecule has 0 spiro atoms. The van der Waals surface area contributed by atoms with Crippen molar-refractivity contribution in [3.8, 4) is 0 Å². The largest absolute Gasteiger partial charge is 0.384 e. The van der Waals surface area contributed by atoms with Gasteiger partial charge in [-0.3, -0.25) is 0 Å². The summed E-state index contributed by atoms with van der Waals surface area (Å²) >= 11 is 5.56. The van der Waals surface area contributed by atoms with Crippen LogP contribution in [0.4, 0.5) is 0 Å². The van der Waals surface area contributed by atoms with E-state index in [9.17, 15) is 5.11 Å². The second-order valence-corrected chi connectivity index (χ2v) is 3.29. The van der Waals surface area contributed by atoms with E-state index < -0.39 is 6.10 Å². The Morgan fingerprint density at radius 1 is 1.38 bits per heavy atom. The minimum Gasteiger partial charge on any atom is -0.384 e. The van der Waals surface area contributed by atoms with Crippen LogP contribution < -0.4 is 0 Å². The van der Waals surface area contributed by atoms with Gasteiger partial charge < -0.3 is 5.11 Å². The zero-order valence-electron chi connectivity index (χ0n) is 7.41. The fourth-order valence-electron chi connectivity index (χ4n) is 1.13. The lowest BCUT2D eigenvalue weighted by molar-refractivity contribution is 0.213. The number of rotatable bonds is 4. The highest BCUT2D eigenvalue weighted by Crippen LogP contribution is 2.22. The average molecular weight is 197 g/mol. The molecule has 0 heterocycles. The monoisotopic (exact) mass is 196 g/mol. The molecule has 1 aromatic carbocycles. The third-order valence-electron chi connectivity index (χ3n) is 1.92. The van der Waals surface area contributed by atoms with Crippen LogP contribution in [0.15, 0.2) is 42.5 Å². The molecule has 70 valence electrons. The Kier molecular flexibility index (Phi) is 4.00. The number of aliphatic hydroxyl groups excluding tert-OH is 1. The van der Waals surface area contributed by atoms with Crippen molar-refractivity contribution in [2.75, 3.05) is 5.88 Å². The van der Waals surface area contributed by atoms with E-state index in [4.69, 9.17) is 11.6 Å². The number of halogens is 1. The maximum atomic E-state index is 9.76. The summed E-state index contributed by atoms with van der Waals surface area (Å²) in [6.07, 6.45) is 0.0670. The minimum atomic E-state index is -0.583. The summed E-state index contributed by atoms with van der Waals surface area (Å²) in [5, 5.41) is 9.76. The van der Waals surface area contributed by atoms with E-state index in [1.54, 1.807) is 0 Å². The van der Waals surface area contributed by atoms with Crippen LogP contribution in [0.3, 0.4) is 0 Å². The van der Waals surface area contributed by atoms with Crippen LogP contribution in [0, 0.1) is 0 Å². The number of hydrogen-bond donors (Lipinski definition) is 1. The molecular weight excluding hydrogens is 184 g/mol. The highest BCUT2D eigenvalue weighted by molar-refractivity contribution is 6.18.